The molecule has 194 valence electrons. The molecule has 1 N–H and O–H groups in total. The number of hydrogen-bond acceptors (Lipinski definition) is 6. The minimum atomic E-state index is -0.756. The number of carbonyl (C=O) groups is 2. The molecule has 6 rings (SSSR count). The zero-order valence-electron chi connectivity index (χ0n) is 21.6. The zero-order valence-corrected chi connectivity index (χ0v) is 21.6. The Morgan fingerprint density at radius 3 is 2.38 bits per heavy atom. The Morgan fingerprint density at radius 1 is 1.05 bits per heavy atom. The number of esters is 1. The highest BCUT2D eigenvalue weighted by atomic mass is 16.5. The van der Waals surface area contributed by atoms with Gasteiger partial charge in [0, 0.05) is 16.5 Å². The van der Waals surface area contributed by atoms with Gasteiger partial charge in [-0.3, -0.25) is 9.59 Å². The monoisotopic (exact) mass is 503 g/mol. The van der Waals surface area contributed by atoms with Gasteiger partial charge in [-0.05, 0) is 63.1 Å². The van der Waals surface area contributed by atoms with E-state index < -0.39 is 5.97 Å². The summed E-state index contributed by atoms with van der Waals surface area (Å²) in [6.07, 6.45) is 3.24. The van der Waals surface area contributed by atoms with Crippen LogP contribution in [0, 0.1) is 19.3 Å². The highest BCUT2D eigenvalue weighted by molar-refractivity contribution is 5.77. The Hall–Kier alpha value is -3.45. The van der Waals surface area contributed by atoms with Crippen LogP contribution in [0.4, 0.5) is 0 Å². The maximum absolute atomic E-state index is 12.8. The van der Waals surface area contributed by atoms with Gasteiger partial charge in [-0.2, -0.15) is 0 Å². The standard InChI is InChI=1S/C30H33NO6/c1-19-6-4-5-7-24(19)21(3)36-27(34)16-25-20(2)31-37-28(25)22-8-10-23(11-9-22)30-14-12-29(13-15-30,18-35-30)17-26(32)33/h4-11,21H,12-18H2,1-3H3,(H,32,33)/t21-,29?,30?/m1/s1. The number of fused-ring (bicyclic) bond motifs is 3. The summed E-state index contributed by atoms with van der Waals surface area (Å²) in [7, 11) is 0. The van der Waals surface area contributed by atoms with Crippen molar-refractivity contribution in [3.05, 3.63) is 76.5 Å². The van der Waals surface area contributed by atoms with Crippen LogP contribution in [0.1, 0.15) is 73.1 Å². The molecule has 2 bridgehead atoms. The molecule has 1 aliphatic carbocycles. The third-order valence-corrected chi connectivity index (χ3v) is 8.21. The van der Waals surface area contributed by atoms with E-state index in [1.165, 1.54) is 0 Å². The van der Waals surface area contributed by atoms with E-state index in [4.69, 9.17) is 14.0 Å². The van der Waals surface area contributed by atoms with Crippen LogP contribution in [0.5, 0.6) is 0 Å². The fourth-order valence-electron chi connectivity index (χ4n) is 5.92. The number of carboxylic acid groups (broad SMARTS) is 1. The number of hydrogen-bond donors (Lipinski definition) is 1. The van der Waals surface area contributed by atoms with Crippen molar-refractivity contribution in [2.24, 2.45) is 5.41 Å². The topological polar surface area (TPSA) is 98.9 Å². The third kappa shape index (κ3) is 4.92. The second kappa shape index (κ2) is 9.78. The second-order valence-corrected chi connectivity index (χ2v) is 10.7. The lowest BCUT2D eigenvalue weighted by Gasteiger charge is -2.53. The van der Waals surface area contributed by atoms with E-state index in [9.17, 15) is 14.7 Å². The van der Waals surface area contributed by atoms with Crippen LogP contribution in [0.3, 0.4) is 0 Å². The van der Waals surface area contributed by atoms with Gasteiger partial charge < -0.3 is 19.1 Å². The summed E-state index contributed by atoms with van der Waals surface area (Å²) in [5.74, 6) is -0.522. The van der Waals surface area contributed by atoms with Crippen molar-refractivity contribution in [3.63, 3.8) is 0 Å². The van der Waals surface area contributed by atoms with E-state index in [2.05, 4.69) is 5.16 Å². The number of nitrogens with zero attached hydrogens (tertiary/aromatic N) is 1. The molecule has 7 nitrogen and oxygen atoms in total. The van der Waals surface area contributed by atoms with Crippen LogP contribution in [-0.2, 0) is 31.1 Å². The fourth-order valence-corrected chi connectivity index (χ4v) is 5.92. The summed E-state index contributed by atoms with van der Waals surface area (Å²) in [6, 6.07) is 15.9. The molecule has 3 fully saturated rings. The summed E-state index contributed by atoms with van der Waals surface area (Å²) < 4.78 is 17.7. The Kier molecular flexibility index (Phi) is 6.67. The van der Waals surface area contributed by atoms with E-state index in [1.807, 2.05) is 69.3 Å². The van der Waals surface area contributed by atoms with Crippen molar-refractivity contribution in [2.75, 3.05) is 6.61 Å². The molecule has 0 spiro atoms. The first kappa shape index (κ1) is 25.2. The molecule has 3 aromatic rings. The minimum absolute atomic E-state index is 0.0708. The molecular weight excluding hydrogens is 470 g/mol. The van der Waals surface area contributed by atoms with Gasteiger partial charge >= 0.3 is 11.9 Å². The number of carboxylic acids is 1. The number of rotatable bonds is 8. The first-order valence-electron chi connectivity index (χ1n) is 12.9. The van der Waals surface area contributed by atoms with Crippen LogP contribution in [0.25, 0.3) is 11.3 Å². The smallest absolute Gasteiger partial charge is 0.311 e. The van der Waals surface area contributed by atoms with Gasteiger partial charge in [0.1, 0.15) is 6.10 Å². The quantitative estimate of drug-likeness (QED) is 0.373. The van der Waals surface area contributed by atoms with Crippen molar-refractivity contribution in [2.45, 2.75) is 71.0 Å². The number of carbonyl (C=O) groups excluding carboxylic acids is 1. The first-order chi connectivity index (χ1) is 17.7. The Labute approximate surface area is 216 Å². The lowest BCUT2D eigenvalue weighted by molar-refractivity contribution is -0.195. The van der Waals surface area contributed by atoms with Gasteiger partial charge in [0.15, 0.2) is 5.76 Å². The highest BCUT2D eigenvalue weighted by Crippen LogP contribution is 2.55. The largest absolute Gasteiger partial charge is 0.481 e. The average Bonchev–Trinajstić information content (AvgIpc) is 3.24. The van der Waals surface area contributed by atoms with Gasteiger partial charge in [-0.1, -0.05) is 53.7 Å². The molecule has 37 heavy (non-hydrogen) atoms. The summed E-state index contributed by atoms with van der Waals surface area (Å²) >= 11 is 0. The molecule has 3 aliphatic rings. The maximum atomic E-state index is 12.8. The maximum Gasteiger partial charge on any atom is 0.311 e. The van der Waals surface area contributed by atoms with Crippen LogP contribution >= 0.6 is 0 Å². The summed E-state index contributed by atoms with van der Waals surface area (Å²) in [5, 5.41) is 13.4. The van der Waals surface area contributed by atoms with Crippen LogP contribution in [0.2, 0.25) is 0 Å². The highest BCUT2D eigenvalue weighted by Gasteiger charge is 2.51. The van der Waals surface area contributed by atoms with Crippen molar-refractivity contribution in [1.82, 2.24) is 5.16 Å². The van der Waals surface area contributed by atoms with Gasteiger partial charge in [0.2, 0.25) is 0 Å². The molecule has 1 atom stereocenters. The molecule has 3 heterocycles. The van der Waals surface area contributed by atoms with Gasteiger partial charge in [-0.15, -0.1) is 0 Å². The first-order valence-corrected chi connectivity index (χ1v) is 12.9. The molecule has 1 aromatic heterocycles. The van der Waals surface area contributed by atoms with Crippen molar-refractivity contribution in [3.8, 4) is 11.3 Å². The number of aromatic nitrogens is 1. The normalized spacial score (nSPS) is 23.5. The van der Waals surface area contributed by atoms with E-state index in [1.54, 1.807) is 0 Å². The predicted molar refractivity (Wildman–Crippen MR) is 137 cm³/mol. The Morgan fingerprint density at radius 2 is 1.76 bits per heavy atom. The van der Waals surface area contributed by atoms with E-state index >= 15 is 0 Å². The van der Waals surface area contributed by atoms with Crippen LogP contribution in [-0.4, -0.2) is 28.8 Å². The van der Waals surface area contributed by atoms with Gasteiger partial charge in [0.25, 0.3) is 0 Å². The summed E-state index contributed by atoms with van der Waals surface area (Å²) in [4.78, 5) is 24.1. The van der Waals surface area contributed by atoms with Crippen LogP contribution in [0.15, 0.2) is 53.1 Å². The van der Waals surface area contributed by atoms with Crippen molar-refractivity contribution in [1.29, 1.82) is 0 Å². The van der Waals surface area contributed by atoms with E-state index in [-0.39, 0.29) is 35.9 Å². The van der Waals surface area contributed by atoms with Crippen molar-refractivity contribution < 1.29 is 28.7 Å². The molecule has 7 heteroatoms. The molecule has 0 radical (unpaired) electrons. The molecule has 2 saturated heterocycles. The molecular formula is C30H33NO6. The van der Waals surface area contributed by atoms with Crippen LogP contribution < -0.4 is 0 Å². The number of aliphatic carboxylic acids is 1. The predicted octanol–water partition coefficient (Wildman–Crippen LogP) is 6.07. The SMILES string of the molecule is Cc1ccccc1[C@@H](C)OC(=O)Cc1c(C)noc1-c1ccc(C23CCC(CC(=O)O)(CC2)CO3)cc1. The molecule has 0 amide bonds. The van der Waals surface area contributed by atoms with E-state index in [0.29, 0.717) is 18.1 Å². The second-order valence-electron chi connectivity index (χ2n) is 10.7. The Bertz CT molecular complexity index is 1280. The molecule has 0 unspecified atom stereocenters. The Balaban J connectivity index is 1.29. The number of ether oxygens (including phenoxy) is 2. The zero-order chi connectivity index (χ0) is 26.2. The lowest BCUT2D eigenvalue weighted by atomic mass is 9.63. The van der Waals surface area contributed by atoms with E-state index in [0.717, 1.165) is 53.5 Å². The molecule has 2 aliphatic heterocycles. The van der Waals surface area contributed by atoms with Crippen molar-refractivity contribution >= 4 is 11.9 Å². The average molecular weight is 504 g/mol. The lowest BCUT2D eigenvalue weighted by Crippen LogP contribution is -2.50. The van der Waals surface area contributed by atoms with Gasteiger partial charge in [-0.25, -0.2) is 0 Å². The molecule has 1 saturated carbocycles. The fraction of sp³-hybridized carbons (Fsp3) is 0.433. The minimum Gasteiger partial charge on any atom is -0.481 e. The number of aryl methyl sites for hydroxylation is 2. The number of benzene rings is 2. The summed E-state index contributed by atoms with van der Waals surface area (Å²) in [6.45, 7) is 6.19. The molecule has 2 aromatic carbocycles. The third-order valence-electron chi connectivity index (χ3n) is 8.21. The van der Waals surface area contributed by atoms with Gasteiger partial charge in [0.05, 0.1) is 30.7 Å². The summed E-state index contributed by atoms with van der Waals surface area (Å²) in [5.41, 5.74) is 4.78.